The van der Waals surface area contributed by atoms with E-state index in [-0.39, 0.29) is 0 Å². The largest absolute Gasteiger partial charge is 0.277 e. The fourth-order valence-corrected chi connectivity index (χ4v) is 2.98. The number of rotatable bonds is 2. The summed E-state index contributed by atoms with van der Waals surface area (Å²) in [4.78, 5) is 0. The van der Waals surface area contributed by atoms with Gasteiger partial charge in [-0.2, -0.15) is 0 Å². The third-order valence-corrected chi connectivity index (χ3v) is 4.07. The monoisotopic (exact) mass is 271 g/mol. The minimum Gasteiger partial charge on any atom is -0.277 e. The topological polar surface area (TPSA) is 30.7 Å². The van der Waals surface area contributed by atoms with Crippen LogP contribution < -0.4 is 0 Å². The van der Waals surface area contributed by atoms with E-state index in [9.17, 15) is 0 Å². The lowest BCUT2D eigenvalue weighted by molar-refractivity contribution is 0.744. The first-order valence-corrected chi connectivity index (χ1v) is 7.71. The Labute approximate surface area is 117 Å². The van der Waals surface area contributed by atoms with Gasteiger partial charge >= 0.3 is 0 Å². The Kier molecular flexibility index (Phi) is 3.19. The van der Waals surface area contributed by atoms with E-state index in [4.69, 9.17) is 0 Å². The van der Waals surface area contributed by atoms with Crippen LogP contribution in [0.2, 0.25) is 0 Å². The highest BCUT2D eigenvalue weighted by molar-refractivity contribution is 7.98. The van der Waals surface area contributed by atoms with Crippen LogP contribution >= 0.6 is 11.8 Å². The molecule has 0 fully saturated rings. The van der Waals surface area contributed by atoms with Gasteiger partial charge in [0.15, 0.2) is 5.16 Å². The Morgan fingerprint density at radius 1 is 1.21 bits per heavy atom. The van der Waals surface area contributed by atoms with Crippen molar-refractivity contribution in [2.45, 2.75) is 25.4 Å². The van der Waals surface area contributed by atoms with Crippen molar-refractivity contribution < 1.29 is 0 Å². The zero-order valence-corrected chi connectivity index (χ0v) is 12.2. The lowest BCUT2D eigenvalue weighted by Crippen LogP contribution is -2.07. The number of hydrogen-bond acceptors (Lipinski definition) is 3. The zero-order valence-electron chi connectivity index (χ0n) is 11.4. The number of thioether (sulfide) groups is 1. The second-order valence-electron chi connectivity index (χ2n) is 5.04. The van der Waals surface area contributed by atoms with E-state index in [1.807, 2.05) is 6.26 Å². The lowest BCUT2D eigenvalue weighted by atomic mass is 10.0. The molecule has 0 spiro atoms. The molecule has 3 rings (SSSR count). The fraction of sp³-hybridized carbons (Fsp3) is 0.333. The summed E-state index contributed by atoms with van der Waals surface area (Å²) < 4.78 is 2.22. The number of fused-ring (bicyclic) bond motifs is 2. The minimum atomic E-state index is 0.437. The Hall–Kier alpha value is -1.55. The summed E-state index contributed by atoms with van der Waals surface area (Å²) in [6.07, 6.45) is 5.17. The Morgan fingerprint density at radius 2 is 2.00 bits per heavy atom. The molecule has 19 heavy (non-hydrogen) atoms. The van der Waals surface area contributed by atoms with Crippen LogP contribution in [0, 0.1) is 5.92 Å². The molecule has 2 aromatic rings. The molecule has 0 N–H and O–H groups in total. The van der Waals surface area contributed by atoms with Gasteiger partial charge in [-0.1, -0.05) is 49.9 Å². The molecule has 0 saturated carbocycles. The molecule has 1 aromatic carbocycles. The summed E-state index contributed by atoms with van der Waals surface area (Å²) in [5.41, 5.74) is 3.89. The fourth-order valence-electron chi connectivity index (χ4n) is 2.46. The highest BCUT2D eigenvalue weighted by Gasteiger charge is 2.21. The quantitative estimate of drug-likeness (QED) is 0.782. The smallest absolute Gasteiger partial charge is 0.195 e. The van der Waals surface area contributed by atoms with E-state index in [2.05, 4.69) is 59.0 Å². The Balaban J connectivity index is 2.25. The highest BCUT2D eigenvalue weighted by Crippen LogP contribution is 2.31. The third-order valence-electron chi connectivity index (χ3n) is 3.44. The van der Waals surface area contributed by atoms with E-state index < -0.39 is 0 Å². The molecule has 0 atom stereocenters. The number of benzene rings is 1. The zero-order chi connectivity index (χ0) is 13.4. The molecule has 98 valence electrons. The summed E-state index contributed by atoms with van der Waals surface area (Å²) in [5.74, 6) is 1.47. The first kappa shape index (κ1) is 12.5. The SMILES string of the molecule is CSc1nnc2n1C(C(C)C)=Cc1ccccc1C2. The molecule has 4 heteroatoms. The van der Waals surface area contributed by atoms with Gasteiger partial charge in [0.2, 0.25) is 0 Å². The van der Waals surface area contributed by atoms with E-state index in [0.29, 0.717) is 5.92 Å². The molecule has 0 saturated heterocycles. The van der Waals surface area contributed by atoms with Crippen molar-refractivity contribution in [1.82, 2.24) is 14.8 Å². The predicted molar refractivity (Wildman–Crippen MR) is 80.1 cm³/mol. The third kappa shape index (κ3) is 2.10. The molecule has 0 aliphatic carbocycles. The van der Waals surface area contributed by atoms with Crippen LogP contribution in [0.25, 0.3) is 11.8 Å². The maximum absolute atomic E-state index is 4.37. The number of hydrogen-bond donors (Lipinski definition) is 0. The van der Waals surface area contributed by atoms with E-state index >= 15 is 0 Å². The molecule has 1 aliphatic rings. The summed E-state index contributed by atoms with van der Waals surface area (Å²) in [7, 11) is 0. The second-order valence-corrected chi connectivity index (χ2v) is 5.81. The summed E-state index contributed by atoms with van der Waals surface area (Å²) in [6.45, 7) is 4.43. The van der Waals surface area contributed by atoms with Gasteiger partial charge < -0.3 is 0 Å². The van der Waals surface area contributed by atoms with Crippen molar-refractivity contribution in [1.29, 1.82) is 0 Å². The maximum Gasteiger partial charge on any atom is 0.195 e. The van der Waals surface area contributed by atoms with Crippen LogP contribution in [0.5, 0.6) is 0 Å². The number of aromatic nitrogens is 3. The highest BCUT2D eigenvalue weighted by atomic mass is 32.2. The first-order chi connectivity index (χ1) is 9.20. The maximum atomic E-state index is 4.37. The summed E-state index contributed by atoms with van der Waals surface area (Å²) >= 11 is 1.65. The van der Waals surface area contributed by atoms with E-state index in [0.717, 1.165) is 17.4 Å². The molecule has 2 heterocycles. The van der Waals surface area contributed by atoms with Gasteiger partial charge in [-0.25, -0.2) is 0 Å². The Morgan fingerprint density at radius 3 is 2.74 bits per heavy atom. The number of nitrogens with zero attached hydrogens (tertiary/aromatic N) is 3. The molecular formula is C15H17N3S. The van der Waals surface area contributed by atoms with Gasteiger partial charge in [0.25, 0.3) is 0 Å². The standard InChI is InChI=1S/C15H17N3S/c1-10(2)13-8-11-6-4-5-7-12(11)9-14-16-17-15(19-3)18(13)14/h4-8,10H,9H2,1-3H3. The molecule has 0 bridgehead atoms. The summed E-state index contributed by atoms with van der Waals surface area (Å²) in [5, 5.41) is 9.64. The predicted octanol–water partition coefficient (Wildman–Crippen LogP) is 3.56. The van der Waals surface area contributed by atoms with Crippen molar-refractivity contribution in [2.75, 3.05) is 6.26 Å². The average molecular weight is 271 g/mol. The van der Waals surface area contributed by atoms with Gasteiger partial charge in [0.1, 0.15) is 5.82 Å². The Bertz CT molecular complexity index is 641. The van der Waals surface area contributed by atoms with Crippen LogP contribution in [0.4, 0.5) is 0 Å². The van der Waals surface area contributed by atoms with Crippen molar-refractivity contribution in [3.05, 3.63) is 41.2 Å². The van der Waals surface area contributed by atoms with Crippen LogP contribution in [-0.2, 0) is 6.42 Å². The molecule has 0 radical (unpaired) electrons. The molecule has 1 aliphatic heterocycles. The van der Waals surface area contributed by atoms with Crippen LogP contribution in [0.1, 0.15) is 30.8 Å². The molecule has 0 unspecified atom stereocenters. The van der Waals surface area contributed by atoms with Crippen LogP contribution in [-0.4, -0.2) is 21.0 Å². The normalized spacial score (nSPS) is 13.8. The van der Waals surface area contributed by atoms with E-state index in [1.54, 1.807) is 11.8 Å². The van der Waals surface area contributed by atoms with Gasteiger partial charge in [0.05, 0.1) is 0 Å². The average Bonchev–Trinajstić information content (AvgIpc) is 2.72. The molecule has 1 aromatic heterocycles. The lowest BCUT2D eigenvalue weighted by Gasteiger charge is -2.14. The van der Waals surface area contributed by atoms with Gasteiger partial charge in [-0.05, 0) is 29.4 Å². The van der Waals surface area contributed by atoms with Crippen molar-refractivity contribution in [3.63, 3.8) is 0 Å². The van der Waals surface area contributed by atoms with Crippen LogP contribution in [0.3, 0.4) is 0 Å². The summed E-state index contributed by atoms with van der Waals surface area (Å²) in [6, 6.07) is 8.53. The second kappa shape index (κ2) is 4.85. The van der Waals surface area contributed by atoms with E-state index in [1.165, 1.54) is 16.8 Å². The molecule has 3 nitrogen and oxygen atoms in total. The van der Waals surface area contributed by atoms with Crippen molar-refractivity contribution in [2.24, 2.45) is 5.92 Å². The van der Waals surface area contributed by atoms with Crippen molar-refractivity contribution in [3.8, 4) is 0 Å². The minimum absolute atomic E-state index is 0.437. The molecular weight excluding hydrogens is 254 g/mol. The van der Waals surface area contributed by atoms with Gasteiger partial charge in [-0.15, -0.1) is 10.2 Å². The van der Waals surface area contributed by atoms with Crippen LogP contribution in [0.15, 0.2) is 29.4 Å². The van der Waals surface area contributed by atoms with Gasteiger partial charge in [0, 0.05) is 12.1 Å². The molecule has 0 amide bonds. The van der Waals surface area contributed by atoms with Gasteiger partial charge in [-0.3, -0.25) is 4.57 Å². The first-order valence-electron chi connectivity index (χ1n) is 6.49. The number of allylic oxidation sites excluding steroid dienone is 1. The van der Waals surface area contributed by atoms with Crippen molar-refractivity contribution >= 4 is 23.5 Å².